The first-order chi connectivity index (χ1) is 13.2. The third-order valence-corrected chi connectivity index (χ3v) is 4.85. The topological polar surface area (TPSA) is 55.7 Å². The molecule has 0 saturated carbocycles. The molecule has 0 radical (unpaired) electrons. The molecule has 3 N–H and O–H groups in total. The maximum absolute atomic E-state index is 9.30. The standard InChI is InChI=1S/C23H34N2O2/c1-3-14-25(15-4-2)16-13-24-23(21-9-5-19(17-26)6-10-21)22-11-7-20(18-27)8-12-22/h5-12,23-24,26-27H,3-4,13-18H2,1-2H3. The Hall–Kier alpha value is -1.72. The van der Waals surface area contributed by atoms with Crippen molar-refractivity contribution in [3.05, 3.63) is 70.8 Å². The summed E-state index contributed by atoms with van der Waals surface area (Å²) in [6.45, 7) is 8.79. The summed E-state index contributed by atoms with van der Waals surface area (Å²) in [7, 11) is 0. The average molecular weight is 371 g/mol. The molecule has 4 nitrogen and oxygen atoms in total. The number of hydrogen-bond donors (Lipinski definition) is 3. The molecule has 2 rings (SSSR count). The van der Waals surface area contributed by atoms with Gasteiger partial charge in [-0.3, -0.25) is 0 Å². The normalized spacial score (nSPS) is 11.5. The number of nitrogens with zero attached hydrogens (tertiary/aromatic N) is 1. The van der Waals surface area contributed by atoms with Gasteiger partial charge >= 0.3 is 0 Å². The van der Waals surface area contributed by atoms with E-state index in [1.54, 1.807) is 0 Å². The third kappa shape index (κ3) is 6.74. The monoisotopic (exact) mass is 370 g/mol. The molecular weight excluding hydrogens is 336 g/mol. The number of rotatable bonds is 12. The maximum atomic E-state index is 9.30. The van der Waals surface area contributed by atoms with Crippen LogP contribution in [0.15, 0.2) is 48.5 Å². The lowest BCUT2D eigenvalue weighted by molar-refractivity contribution is 0.271. The van der Waals surface area contributed by atoms with E-state index >= 15 is 0 Å². The SMILES string of the molecule is CCCN(CCC)CCNC(c1ccc(CO)cc1)c1ccc(CO)cc1. The molecule has 4 heteroatoms. The van der Waals surface area contributed by atoms with Crippen molar-refractivity contribution in [2.75, 3.05) is 26.2 Å². The van der Waals surface area contributed by atoms with Crippen LogP contribution >= 0.6 is 0 Å². The lowest BCUT2D eigenvalue weighted by Gasteiger charge is -2.25. The molecule has 0 spiro atoms. The van der Waals surface area contributed by atoms with E-state index in [1.165, 1.54) is 24.0 Å². The van der Waals surface area contributed by atoms with Gasteiger partial charge in [0.1, 0.15) is 0 Å². The summed E-state index contributed by atoms with van der Waals surface area (Å²) in [4.78, 5) is 2.51. The molecule has 0 atom stereocenters. The van der Waals surface area contributed by atoms with E-state index in [0.717, 1.165) is 37.3 Å². The van der Waals surface area contributed by atoms with Crippen LogP contribution in [0.2, 0.25) is 0 Å². The smallest absolute Gasteiger partial charge is 0.0681 e. The zero-order chi connectivity index (χ0) is 19.5. The van der Waals surface area contributed by atoms with Gasteiger partial charge in [0, 0.05) is 13.1 Å². The Bertz CT molecular complexity index is 587. The van der Waals surface area contributed by atoms with E-state index in [1.807, 2.05) is 24.3 Å². The fourth-order valence-electron chi connectivity index (χ4n) is 3.39. The van der Waals surface area contributed by atoms with Gasteiger partial charge < -0.3 is 20.4 Å². The molecule has 0 aliphatic heterocycles. The van der Waals surface area contributed by atoms with Crippen LogP contribution in [-0.4, -0.2) is 41.3 Å². The first-order valence-electron chi connectivity index (χ1n) is 10.1. The lowest BCUT2D eigenvalue weighted by Crippen LogP contribution is -2.35. The Morgan fingerprint density at radius 3 is 1.56 bits per heavy atom. The molecule has 0 bridgehead atoms. The molecule has 0 aromatic heterocycles. The van der Waals surface area contributed by atoms with E-state index in [-0.39, 0.29) is 19.3 Å². The minimum absolute atomic E-state index is 0.0621. The molecule has 0 unspecified atom stereocenters. The second-order valence-electron chi connectivity index (χ2n) is 7.03. The number of benzene rings is 2. The second-order valence-corrected chi connectivity index (χ2v) is 7.03. The fraction of sp³-hybridized carbons (Fsp3) is 0.478. The van der Waals surface area contributed by atoms with E-state index in [0.29, 0.717) is 0 Å². The van der Waals surface area contributed by atoms with Gasteiger partial charge in [-0.05, 0) is 48.2 Å². The summed E-state index contributed by atoms with van der Waals surface area (Å²) in [5.74, 6) is 0. The molecule has 0 aliphatic rings. The average Bonchev–Trinajstić information content (AvgIpc) is 2.72. The first kappa shape index (κ1) is 21.6. The van der Waals surface area contributed by atoms with Gasteiger partial charge in [0.15, 0.2) is 0 Å². The summed E-state index contributed by atoms with van der Waals surface area (Å²) in [5.41, 5.74) is 4.21. The second kappa shape index (κ2) is 11.9. The van der Waals surface area contributed by atoms with Crippen molar-refractivity contribution in [2.24, 2.45) is 0 Å². The molecule has 0 heterocycles. The molecular formula is C23H34N2O2. The van der Waals surface area contributed by atoms with Crippen LogP contribution in [0.3, 0.4) is 0 Å². The van der Waals surface area contributed by atoms with Gasteiger partial charge in [-0.15, -0.1) is 0 Å². The van der Waals surface area contributed by atoms with Crippen LogP contribution in [0.5, 0.6) is 0 Å². The fourth-order valence-corrected chi connectivity index (χ4v) is 3.39. The van der Waals surface area contributed by atoms with Crippen LogP contribution in [0.25, 0.3) is 0 Å². The van der Waals surface area contributed by atoms with E-state index in [9.17, 15) is 10.2 Å². The Morgan fingerprint density at radius 2 is 1.19 bits per heavy atom. The van der Waals surface area contributed by atoms with Crippen LogP contribution in [0.1, 0.15) is 55.0 Å². The van der Waals surface area contributed by atoms with E-state index < -0.39 is 0 Å². The summed E-state index contributed by atoms with van der Waals surface area (Å²) >= 11 is 0. The summed E-state index contributed by atoms with van der Waals surface area (Å²) in [6.07, 6.45) is 2.35. The summed E-state index contributed by atoms with van der Waals surface area (Å²) in [5, 5.41) is 22.3. The van der Waals surface area contributed by atoms with Crippen molar-refractivity contribution in [1.29, 1.82) is 0 Å². The van der Waals surface area contributed by atoms with E-state index in [2.05, 4.69) is 48.3 Å². The van der Waals surface area contributed by atoms with Crippen molar-refractivity contribution >= 4 is 0 Å². The molecule has 2 aromatic carbocycles. The Kier molecular flexibility index (Phi) is 9.50. The highest BCUT2D eigenvalue weighted by Crippen LogP contribution is 2.23. The Labute approximate surface area is 163 Å². The highest BCUT2D eigenvalue weighted by molar-refractivity contribution is 5.35. The van der Waals surface area contributed by atoms with Crippen molar-refractivity contribution in [3.8, 4) is 0 Å². The Balaban J connectivity index is 2.13. The first-order valence-corrected chi connectivity index (χ1v) is 10.1. The minimum Gasteiger partial charge on any atom is -0.392 e. The number of aliphatic hydroxyl groups is 2. The molecule has 0 aliphatic carbocycles. The van der Waals surface area contributed by atoms with Gasteiger partial charge in [0.05, 0.1) is 19.3 Å². The van der Waals surface area contributed by atoms with Crippen molar-refractivity contribution in [3.63, 3.8) is 0 Å². The van der Waals surface area contributed by atoms with E-state index in [4.69, 9.17) is 0 Å². The highest BCUT2D eigenvalue weighted by atomic mass is 16.3. The van der Waals surface area contributed by atoms with Gasteiger partial charge in [-0.1, -0.05) is 62.4 Å². The molecule has 0 amide bonds. The third-order valence-electron chi connectivity index (χ3n) is 4.85. The maximum Gasteiger partial charge on any atom is 0.0681 e. The summed E-state index contributed by atoms with van der Waals surface area (Å²) in [6, 6.07) is 16.3. The zero-order valence-electron chi connectivity index (χ0n) is 16.7. The number of hydrogen-bond acceptors (Lipinski definition) is 4. The van der Waals surface area contributed by atoms with Crippen LogP contribution in [-0.2, 0) is 13.2 Å². The number of aliphatic hydroxyl groups excluding tert-OH is 2. The van der Waals surface area contributed by atoms with Crippen LogP contribution in [0, 0.1) is 0 Å². The van der Waals surface area contributed by atoms with Gasteiger partial charge in [-0.25, -0.2) is 0 Å². The zero-order valence-corrected chi connectivity index (χ0v) is 16.7. The van der Waals surface area contributed by atoms with Crippen molar-refractivity contribution in [2.45, 2.75) is 45.9 Å². The largest absolute Gasteiger partial charge is 0.392 e. The summed E-state index contributed by atoms with van der Waals surface area (Å²) < 4.78 is 0. The Morgan fingerprint density at radius 1 is 0.741 bits per heavy atom. The molecule has 148 valence electrons. The van der Waals surface area contributed by atoms with Crippen LogP contribution in [0.4, 0.5) is 0 Å². The molecule has 0 saturated heterocycles. The lowest BCUT2D eigenvalue weighted by atomic mass is 9.97. The van der Waals surface area contributed by atoms with Gasteiger partial charge in [-0.2, -0.15) is 0 Å². The van der Waals surface area contributed by atoms with Crippen molar-refractivity contribution in [1.82, 2.24) is 10.2 Å². The predicted molar refractivity (Wildman–Crippen MR) is 112 cm³/mol. The van der Waals surface area contributed by atoms with Crippen LogP contribution < -0.4 is 5.32 Å². The molecule has 2 aromatic rings. The minimum atomic E-state index is 0.0621. The number of nitrogens with one attached hydrogen (secondary N) is 1. The highest BCUT2D eigenvalue weighted by Gasteiger charge is 2.14. The van der Waals surface area contributed by atoms with Gasteiger partial charge in [0.2, 0.25) is 0 Å². The van der Waals surface area contributed by atoms with Crippen molar-refractivity contribution < 1.29 is 10.2 Å². The predicted octanol–water partition coefficient (Wildman–Crippen LogP) is 3.47. The quantitative estimate of drug-likeness (QED) is 0.535. The molecule has 0 fully saturated rings. The van der Waals surface area contributed by atoms with Gasteiger partial charge in [0.25, 0.3) is 0 Å². The molecule has 27 heavy (non-hydrogen) atoms.